The fraction of sp³-hybridized carbons (Fsp3) is 0.421. The molecule has 0 saturated carbocycles. The highest BCUT2D eigenvalue weighted by Gasteiger charge is 2.33. The number of nitrogens with one attached hydrogen (secondary N) is 2. The molecule has 0 spiro atoms. The second-order valence-corrected chi connectivity index (χ2v) is 7.60. The lowest BCUT2D eigenvalue weighted by atomic mass is 10.2. The van der Waals surface area contributed by atoms with E-state index in [9.17, 15) is 4.79 Å². The van der Waals surface area contributed by atoms with Crippen molar-refractivity contribution >= 4 is 35.4 Å². The molecule has 2 aromatic rings. The summed E-state index contributed by atoms with van der Waals surface area (Å²) in [6.07, 6.45) is 1.53. The molecule has 0 fully saturated rings. The summed E-state index contributed by atoms with van der Waals surface area (Å²) in [7, 11) is 0. The Morgan fingerprint density at radius 1 is 1.31 bits per heavy atom. The summed E-state index contributed by atoms with van der Waals surface area (Å²) in [5, 5.41) is 7.39. The van der Waals surface area contributed by atoms with Gasteiger partial charge in [-0.15, -0.1) is 0 Å². The van der Waals surface area contributed by atoms with Crippen molar-refractivity contribution in [2.24, 2.45) is 0 Å². The van der Waals surface area contributed by atoms with E-state index >= 15 is 0 Å². The van der Waals surface area contributed by atoms with E-state index in [2.05, 4.69) is 48.5 Å². The molecule has 2 N–H and O–H groups in total. The normalized spacial score (nSPS) is 15.7. The third-order valence-corrected chi connectivity index (χ3v) is 5.01. The molecule has 1 atom stereocenters. The van der Waals surface area contributed by atoms with Crippen LogP contribution in [0.2, 0.25) is 0 Å². The average Bonchev–Trinajstić information content (AvgIpc) is 2.98. The number of carbonyl (C=O) groups excluding carboxylic acids is 1. The number of rotatable bonds is 8. The Labute approximate surface area is 158 Å². The van der Waals surface area contributed by atoms with Crippen molar-refractivity contribution in [3.63, 3.8) is 0 Å². The SMILES string of the molecule is CCCSc1nc(NC(C)C)c2c(n1)N(Cc1ccccc1)C(C=O)N2. The Morgan fingerprint density at radius 2 is 2.08 bits per heavy atom. The molecule has 1 unspecified atom stereocenters. The minimum absolute atomic E-state index is 0.234. The Hall–Kier alpha value is -2.28. The highest BCUT2D eigenvalue weighted by molar-refractivity contribution is 7.99. The van der Waals surface area contributed by atoms with Crippen LogP contribution in [0, 0.1) is 0 Å². The minimum atomic E-state index is -0.446. The van der Waals surface area contributed by atoms with Gasteiger partial charge < -0.3 is 15.5 Å². The van der Waals surface area contributed by atoms with Crippen LogP contribution in [0.5, 0.6) is 0 Å². The molecule has 138 valence electrons. The van der Waals surface area contributed by atoms with E-state index < -0.39 is 6.17 Å². The zero-order chi connectivity index (χ0) is 18.5. The largest absolute Gasteiger partial charge is 0.366 e. The second kappa shape index (κ2) is 8.40. The summed E-state index contributed by atoms with van der Waals surface area (Å²) in [5.41, 5.74) is 1.93. The molecule has 1 aliphatic rings. The minimum Gasteiger partial charge on any atom is -0.366 e. The number of fused-ring (bicyclic) bond motifs is 1. The molecule has 1 aromatic heterocycles. The summed E-state index contributed by atoms with van der Waals surface area (Å²) < 4.78 is 0. The molecule has 6 nitrogen and oxygen atoms in total. The Kier molecular flexibility index (Phi) is 5.98. The third-order valence-electron chi connectivity index (χ3n) is 3.95. The summed E-state index contributed by atoms with van der Waals surface area (Å²) in [5.74, 6) is 2.50. The Morgan fingerprint density at radius 3 is 2.73 bits per heavy atom. The molecule has 26 heavy (non-hydrogen) atoms. The van der Waals surface area contributed by atoms with Crippen LogP contribution in [-0.2, 0) is 11.3 Å². The van der Waals surface area contributed by atoms with Crippen LogP contribution in [0.4, 0.5) is 17.3 Å². The van der Waals surface area contributed by atoms with Crippen molar-refractivity contribution in [2.45, 2.75) is 51.1 Å². The maximum absolute atomic E-state index is 11.7. The second-order valence-electron chi connectivity index (χ2n) is 6.54. The standard InChI is InChI=1S/C19H25N5OS/c1-4-10-26-19-22-17(20-13(2)3)16-18(23-19)24(15(12-25)21-16)11-14-8-6-5-7-9-14/h5-9,12-13,15,21H,4,10-11H2,1-3H3,(H,20,22,23). The summed E-state index contributed by atoms with van der Waals surface area (Å²) in [4.78, 5) is 23.1. The first-order chi connectivity index (χ1) is 12.6. The number of nitrogens with zero attached hydrogens (tertiary/aromatic N) is 3. The van der Waals surface area contributed by atoms with Crippen LogP contribution in [0.3, 0.4) is 0 Å². The first-order valence-corrected chi connectivity index (χ1v) is 9.94. The van der Waals surface area contributed by atoms with Crippen molar-refractivity contribution in [1.29, 1.82) is 0 Å². The topological polar surface area (TPSA) is 70.2 Å². The Bertz CT molecular complexity index is 753. The summed E-state index contributed by atoms with van der Waals surface area (Å²) >= 11 is 1.64. The van der Waals surface area contributed by atoms with Crippen molar-refractivity contribution in [3.05, 3.63) is 35.9 Å². The van der Waals surface area contributed by atoms with E-state index in [1.165, 1.54) is 0 Å². The van der Waals surface area contributed by atoms with Crippen molar-refractivity contribution in [3.8, 4) is 0 Å². The van der Waals surface area contributed by atoms with Gasteiger partial charge in [0.15, 0.2) is 29.2 Å². The van der Waals surface area contributed by atoms with Crippen molar-refractivity contribution in [2.75, 3.05) is 21.3 Å². The van der Waals surface area contributed by atoms with Gasteiger partial charge in [-0.3, -0.25) is 4.79 Å². The average molecular weight is 372 g/mol. The molecule has 0 saturated heterocycles. The third kappa shape index (κ3) is 4.09. The van der Waals surface area contributed by atoms with Crippen molar-refractivity contribution < 1.29 is 4.79 Å². The molecular formula is C19H25N5OS. The van der Waals surface area contributed by atoms with Crippen LogP contribution in [-0.4, -0.2) is 34.2 Å². The molecule has 0 radical (unpaired) electrons. The van der Waals surface area contributed by atoms with Gasteiger partial charge in [0.25, 0.3) is 0 Å². The van der Waals surface area contributed by atoms with E-state index in [1.54, 1.807) is 11.8 Å². The monoisotopic (exact) mass is 371 g/mol. The van der Waals surface area contributed by atoms with Crippen LogP contribution in [0.25, 0.3) is 0 Å². The summed E-state index contributed by atoms with van der Waals surface area (Å²) in [6.45, 7) is 6.89. The van der Waals surface area contributed by atoms with Crippen molar-refractivity contribution in [1.82, 2.24) is 9.97 Å². The lowest BCUT2D eigenvalue weighted by Gasteiger charge is -2.22. The lowest BCUT2D eigenvalue weighted by Crippen LogP contribution is -2.36. The summed E-state index contributed by atoms with van der Waals surface area (Å²) in [6, 6.07) is 10.3. The quantitative estimate of drug-likeness (QED) is 0.416. The number of anilines is 3. The van der Waals surface area contributed by atoms with Gasteiger partial charge in [0, 0.05) is 18.3 Å². The van der Waals surface area contributed by atoms with E-state index in [1.807, 2.05) is 23.1 Å². The van der Waals surface area contributed by atoms with E-state index in [0.29, 0.717) is 6.54 Å². The maximum Gasteiger partial charge on any atom is 0.191 e. The van der Waals surface area contributed by atoms with Gasteiger partial charge in [0.05, 0.1) is 0 Å². The Balaban J connectivity index is 1.99. The first kappa shape index (κ1) is 18.5. The van der Waals surface area contributed by atoms with Crippen LogP contribution < -0.4 is 15.5 Å². The van der Waals surface area contributed by atoms with E-state index in [4.69, 9.17) is 4.98 Å². The molecule has 1 aliphatic heterocycles. The smallest absolute Gasteiger partial charge is 0.191 e. The van der Waals surface area contributed by atoms with Gasteiger partial charge >= 0.3 is 0 Å². The number of carbonyl (C=O) groups is 1. The number of benzene rings is 1. The first-order valence-electron chi connectivity index (χ1n) is 8.96. The van der Waals surface area contributed by atoms with Gasteiger partial charge in [-0.1, -0.05) is 49.0 Å². The molecule has 3 rings (SSSR count). The number of aromatic nitrogens is 2. The zero-order valence-electron chi connectivity index (χ0n) is 15.4. The van der Waals surface area contributed by atoms with Gasteiger partial charge in [0.2, 0.25) is 0 Å². The number of hydrogen-bond donors (Lipinski definition) is 2. The van der Waals surface area contributed by atoms with Crippen LogP contribution in [0.15, 0.2) is 35.5 Å². The zero-order valence-corrected chi connectivity index (χ0v) is 16.2. The molecular weight excluding hydrogens is 346 g/mol. The molecule has 7 heteroatoms. The number of aldehydes is 1. The molecule has 0 aliphatic carbocycles. The highest BCUT2D eigenvalue weighted by Crippen LogP contribution is 2.40. The molecule has 0 bridgehead atoms. The maximum atomic E-state index is 11.7. The number of thioether (sulfide) groups is 1. The lowest BCUT2D eigenvalue weighted by molar-refractivity contribution is -0.108. The fourth-order valence-electron chi connectivity index (χ4n) is 2.82. The predicted molar refractivity (Wildman–Crippen MR) is 108 cm³/mol. The van der Waals surface area contributed by atoms with Crippen LogP contribution in [0.1, 0.15) is 32.8 Å². The fourth-order valence-corrected chi connectivity index (χ4v) is 3.52. The molecule has 2 heterocycles. The van der Waals surface area contributed by atoms with Gasteiger partial charge in [-0.2, -0.15) is 0 Å². The van der Waals surface area contributed by atoms with Gasteiger partial charge in [-0.05, 0) is 25.8 Å². The van der Waals surface area contributed by atoms with E-state index in [-0.39, 0.29) is 6.04 Å². The van der Waals surface area contributed by atoms with Gasteiger partial charge in [0.1, 0.15) is 5.69 Å². The highest BCUT2D eigenvalue weighted by atomic mass is 32.2. The molecule has 0 amide bonds. The predicted octanol–water partition coefficient (Wildman–Crippen LogP) is 3.76. The number of hydrogen-bond acceptors (Lipinski definition) is 7. The van der Waals surface area contributed by atoms with Crippen LogP contribution >= 0.6 is 11.8 Å². The van der Waals surface area contributed by atoms with Gasteiger partial charge in [-0.25, -0.2) is 9.97 Å². The van der Waals surface area contributed by atoms with E-state index in [0.717, 1.165) is 46.5 Å². The molecule has 1 aromatic carbocycles.